The Morgan fingerprint density at radius 2 is 1.67 bits per heavy atom. The first-order chi connectivity index (χ1) is 11.5. The van der Waals surface area contributed by atoms with Crippen molar-refractivity contribution in [3.63, 3.8) is 0 Å². The first kappa shape index (κ1) is 16.1. The van der Waals surface area contributed by atoms with Crippen LogP contribution in [0.15, 0.2) is 59.4 Å². The number of aromatic nitrogens is 2. The minimum atomic E-state index is -0.507. The van der Waals surface area contributed by atoms with Gasteiger partial charge in [-0.2, -0.15) is 0 Å². The maximum Gasteiger partial charge on any atom is 0.295 e. The molecule has 0 aliphatic heterocycles. The van der Waals surface area contributed by atoms with Gasteiger partial charge in [0, 0.05) is 12.7 Å². The number of para-hydroxylation sites is 1. The van der Waals surface area contributed by atoms with Crippen LogP contribution in [0.4, 0.5) is 11.4 Å². The van der Waals surface area contributed by atoms with Crippen LogP contribution < -0.4 is 10.9 Å². The lowest BCUT2D eigenvalue weighted by atomic mass is 10.1. The fourth-order valence-corrected chi connectivity index (χ4v) is 2.70. The van der Waals surface area contributed by atoms with Crippen LogP contribution in [0.25, 0.3) is 5.69 Å². The summed E-state index contributed by atoms with van der Waals surface area (Å²) in [6, 6.07) is 17.0. The van der Waals surface area contributed by atoms with Crippen LogP contribution >= 0.6 is 0 Å². The summed E-state index contributed by atoms with van der Waals surface area (Å²) in [7, 11) is 1.87. The normalized spacial score (nSPS) is 12.2. The van der Waals surface area contributed by atoms with Crippen molar-refractivity contribution in [3.8, 4) is 5.69 Å². The van der Waals surface area contributed by atoms with Crippen molar-refractivity contribution < 1.29 is 5.11 Å². The van der Waals surface area contributed by atoms with Gasteiger partial charge >= 0.3 is 0 Å². The standard InChI is InChI=1S/C19H21N3O2/c1-13-18(20-16-11-9-15(10-12-16)14(2)23)19(24)22(21(13)3)17-7-5-4-6-8-17/h4-12,14,20,23H,1-3H3/t14-/m1/s1. The van der Waals surface area contributed by atoms with Gasteiger partial charge in [-0.25, -0.2) is 4.68 Å². The Morgan fingerprint density at radius 1 is 1.04 bits per heavy atom. The molecule has 0 saturated carbocycles. The molecule has 5 nitrogen and oxygen atoms in total. The number of benzene rings is 2. The molecule has 1 aromatic heterocycles. The van der Waals surface area contributed by atoms with E-state index in [1.165, 1.54) is 0 Å². The number of aliphatic hydroxyl groups is 1. The van der Waals surface area contributed by atoms with Crippen molar-refractivity contribution in [2.45, 2.75) is 20.0 Å². The molecule has 1 heterocycles. The molecule has 2 aromatic carbocycles. The van der Waals surface area contributed by atoms with E-state index in [0.29, 0.717) is 5.69 Å². The summed E-state index contributed by atoms with van der Waals surface area (Å²) in [4.78, 5) is 12.8. The van der Waals surface area contributed by atoms with Crippen LogP contribution in [-0.4, -0.2) is 14.5 Å². The van der Waals surface area contributed by atoms with Crippen molar-refractivity contribution >= 4 is 11.4 Å². The van der Waals surface area contributed by atoms with E-state index in [-0.39, 0.29) is 5.56 Å². The third-order valence-corrected chi connectivity index (χ3v) is 4.22. The average Bonchev–Trinajstić information content (AvgIpc) is 2.80. The Hall–Kier alpha value is -2.79. The van der Waals surface area contributed by atoms with Gasteiger partial charge in [-0.05, 0) is 43.7 Å². The van der Waals surface area contributed by atoms with Crippen molar-refractivity contribution in [2.75, 3.05) is 5.32 Å². The fourth-order valence-electron chi connectivity index (χ4n) is 2.70. The van der Waals surface area contributed by atoms with Gasteiger partial charge in [-0.1, -0.05) is 30.3 Å². The molecule has 0 fully saturated rings. The van der Waals surface area contributed by atoms with Crippen LogP contribution in [0.5, 0.6) is 0 Å². The molecular weight excluding hydrogens is 302 g/mol. The molecule has 5 heteroatoms. The van der Waals surface area contributed by atoms with Crippen LogP contribution in [0.1, 0.15) is 24.3 Å². The van der Waals surface area contributed by atoms with Gasteiger partial charge in [0.2, 0.25) is 0 Å². The zero-order chi connectivity index (χ0) is 17.3. The molecule has 0 spiro atoms. The van der Waals surface area contributed by atoms with E-state index >= 15 is 0 Å². The highest BCUT2D eigenvalue weighted by Gasteiger charge is 2.16. The average molecular weight is 323 g/mol. The second kappa shape index (κ2) is 6.37. The monoisotopic (exact) mass is 323 g/mol. The van der Waals surface area contributed by atoms with Gasteiger partial charge in [-0.15, -0.1) is 0 Å². The molecular formula is C19H21N3O2. The highest BCUT2D eigenvalue weighted by atomic mass is 16.3. The van der Waals surface area contributed by atoms with Crippen LogP contribution in [0.3, 0.4) is 0 Å². The summed E-state index contributed by atoms with van der Waals surface area (Å²) < 4.78 is 3.48. The topological polar surface area (TPSA) is 59.2 Å². The van der Waals surface area contributed by atoms with Gasteiger partial charge < -0.3 is 10.4 Å². The van der Waals surface area contributed by atoms with Crippen LogP contribution in [0, 0.1) is 6.92 Å². The molecule has 0 aliphatic carbocycles. The van der Waals surface area contributed by atoms with Crippen LogP contribution in [0.2, 0.25) is 0 Å². The number of hydrogen-bond acceptors (Lipinski definition) is 3. The molecule has 0 bridgehead atoms. The summed E-state index contributed by atoms with van der Waals surface area (Å²) >= 11 is 0. The Balaban J connectivity index is 1.99. The summed E-state index contributed by atoms with van der Waals surface area (Å²) in [5.41, 5.74) is 3.78. The number of hydrogen-bond donors (Lipinski definition) is 2. The zero-order valence-corrected chi connectivity index (χ0v) is 14.0. The lowest BCUT2D eigenvalue weighted by Gasteiger charge is -2.08. The SMILES string of the molecule is Cc1c(Nc2ccc([C@@H](C)O)cc2)c(=O)n(-c2ccccc2)n1C. The van der Waals surface area contributed by atoms with Gasteiger partial charge in [-0.3, -0.25) is 9.48 Å². The van der Waals surface area contributed by atoms with E-state index in [0.717, 1.165) is 22.6 Å². The van der Waals surface area contributed by atoms with E-state index < -0.39 is 6.10 Å². The number of anilines is 2. The van der Waals surface area contributed by atoms with Gasteiger partial charge in [0.05, 0.1) is 17.5 Å². The maximum atomic E-state index is 12.8. The Bertz CT molecular complexity index is 891. The van der Waals surface area contributed by atoms with Gasteiger partial charge in [0.25, 0.3) is 5.56 Å². The van der Waals surface area contributed by atoms with Crippen molar-refractivity contribution in [1.82, 2.24) is 9.36 Å². The molecule has 3 aromatic rings. The summed E-state index contributed by atoms with van der Waals surface area (Å²) in [6.45, 7) is 3.63. The number of nitrogens with one attached hydrogen (secondary N) is 1. The Kier molecular flexibility index (Phi) is 4.27. The minimum Gasteiger partial charge on any atom is -0.389 e. The minimum absolute atomic E-state index is 0.0965. The molecule has 0 radical (unpaired) electrons. The quantitative estimate of drug-likeness (QED) is 0.774. The zero-order valence-electron chi connectivity index (χ0n) is 14.0. The molecule has 24 heavy (non-hydrogen) atoms. The number of rotatable bonds is 4. The summed E-state index contributed by atoms with van der Waals surface area (Å²) in [5, 5.41) is 12.8. The number of nitrogens with zero attached hydrogens (tertiary/aromatic N) is 2. The van der Waals surface area contributed by atoms with Gasteiger partial charge in [0.15, 0.2) is 0 Å². The van der Waals surface area contributed by atoms with Gasteiger partial charge in [0.1, 0.15) is 5.69 Å². The van der Waals surface area contributed by atoms with Crippen molar-refractivity contribution in [3.05, 3.63) is 76.2 Å². The fraction of sp³-hybridized carbons (Fsp3) is 0.211. The lowest BCUT2D eigenvalue weighted by molar-refractivity contribution is 0.199. The summed E-state index contributed by atoms with van der Waals surface area (Å²) in [5.74, 6) is 0. The molecule has 3 rings (SSSR count). The van der Waals surface area contributed by atoms with E-state index in [1.807, 2.05) is 73.3 Å². The first-order valence-corrected chi connectivity index (χ1v) is 7.88. The van der Waals surface area contributed by atoms with E-state index in [9.17, 15) is 9.90 Å². The van der Waals surface area contributed by atoms with Crippen molar-refractivity contribution in [1.29, 1.82) is 0 Å². The first-order valence-electron chi connectivity index (χ1n) is 7.88. The molecule has 0 aliphatic rings. The van der Waals surface area contributed by atoms with E-state index in [1.54, 1.807) is 11.6 Å². The third-order valence-electron chi connectivity index (χ3n) is 4.22. The highest BCUT2D eigenvalue weighted by Crippen LogP contribution is 2.21. The van der Waals surface area contributed by atoms with E-state index in [4.69, 9.17) is 0 Å². The molecule has 124 valence electrons. The number of aliphatic hydroxyl groups excluding tert-OH is 1. The largest absolute Gasteiger partial charge is 0.389 e. The van der Waals surface area contributed by atoms with Crippen molar-refractivity contribution in [2.24, 2.45) is 7.05 Å². The molecule has 2 N–H and O–H groups in total. The van der Waals surface area contributed by atoms with Crippen LogP contribution in [-0.2, 0) is 7.05 Å². The second-order valence-corrected chi connectivity index (χ2v) is 5.86. The Morgan fingerprint density at radius 3 is 2.25 bits per heavy atom. The molecule has 0 amide bonds. The maximum absolute atomic E-state index is 12.8. The predicted molar refractivity (Wildman–Crippen MR) is 96.1 cm³/mol. The lowest BCUT2D eigenvalue weighted by Crippen LogP contribution is -2.20. The molecule has 0 unspecified atom stereocenters. The highest BCUT2D eigenvalue weighted by molar-refractivity contribution is 5.62. The third kappa shape index (κ3) is 2.86. The molecule has 1 atom stereocenters. The Labute approximate surface area is 140 Å². The molecule has 0 saturated heterocycles. The second-order valence-electron chi connectivity index (χ2n) is 5.86. The smallest absolute Gasteiger partial charge is 0.295 e. The predicted octanol–water partition coefficient (Wildman–Crippen LogP) is 3.28. The summed E-state index contributed by atoms with van der Waals surface area (Å²) in [6.07, 6.45) is -0.507. The van der Waals surface area contributed by atoms with E-state index in [2.05, 4.69) is 5.32 Å².